The lowest BCUT2D eigenvalue weighted by Gasteiger charge is -2.14. The lowest BCUT2D eigenvalue weighted by Crippen LogP contribution is -2.33. The van der Waals surface area contributed by atoms with Gasteiger partial charge in [-0.1, -0.05) is 13.3 Å². The van der Waals surface area contributed by atoms with Crippen LogP contribution >= 0.6 is 0 Å². The first kappa shape index (κ1) is 13.0. The number of carboxylic acid groups (broad SMARTS) is 1. The summed E-state index contributed by atoms with van der Waals surface area (Å²) in [6.07, 6.45) is 4.43. The second-order valence-corrected chi connectivity index (χ2v) is 4.85. The third-order valence-electron chi connectivity index (χ3n) is 3.03. The van der Waals surface area contributed by atoms with Crippen molar-refractivity contribution in [2.24, 2.45) is 11.8 Å². The molecule has 1 aliphatic rings. The minimum absolute atomic E-state index is 0.161. The molecule has 2 N–H and O–H groups in total. The zero-order chi connectivity index (χ0) is 12.1. The molecule has 2 unspecified atom stereocenters. The summed E-state index contributed by atoms with van der Waals surface area (Å²) >= 11 is 0. The fourth-order valence-corrected chi connectivity index (χ4v) is 1.63. The third kappa shape index (κ3) is 4.64. The van der Waals surface area contributed by atoms with Crippen molar-refractivity contribution in [3.8, 4) is 0 Å². The van der Waals surface area contributed by atoms with E-state index in [9.17, 15) is 9.59 Å². The van der Waals surface area contributed by atoms with Crippen LogP contribution in [0.3, 0.4) is 0 Å². The van der Waals surface area contributed by atoms with E-state index >= 15 is 0 Å². The number of amides is 1. The van der Waals surface area contributed by atoms with Crippen molar-refractivity contribution in [1.29, 1.82) is 0 Å². The molecule has 0 bridgehead atoms. The van der Waals surface area contributed by atoms with E-state index in [1.165, 1.54) is 0 Å². The fraction of sp³-hybridized carbons (Fsp3) is 0.833. The summed E-state index contributed by atoms with van der Waals surface area (Å²) in [6, 6.07) is 0.161. The highest BCUT2D eigenvalue weighted by atomic mass is 16.4. The molecule has 1 rings (SSSR count). The second-order valence-electron chi connectivity index (χ2n) is 4.85. The van der Waals surface area contributed by atoms with Crippen LogP contribution in [-0.4, -0.2) is 23.0 Å². The molecule has 0 aromatic carbocycles. The van der Waals surface area contributed by atoms with Gasteiger partial charge < -0.3 is 10.4 Å². The molecule has 0 aromatic rings. The molecule has 2 atom stereocenters. The lowest BCUT2D eigenvalue weighted by atomic mass is 10.0. The van der Waals surface area contributed by atoms with Gasteiger partial charge in [0.25, 0.3) is 0 Å². The summed E-state index contributed by atoms with van der Waals surface area (Å²) in [6.45, 7) is 3.70. The zero-order valence-corrected chi connectivity index (χ0v) is 10.0. The van der Waals surface area contributed by atoms with Crippen LogP contribution in [0.1, 0.15) is 46.0 Å². The minimum Gasteiger partial charge on any atom is -0.481 e. The smallest absolute Gasteiger partial charge is 0.306 e. The Hall–Kier alpha value is -1.06. The van der Waals surface area contributed by atoms with Gasteiger partial charge in [0.05, 0.1) is 5.92 Å². The first-order valence-electron chi connectivity index (χ1n) is 6.04. The number of hydrogen-bond donors (Lipinski definition) is 2. The van der Waals surface area contributed by atoms with Gasteiger partial charge in [-0.05, 0) is 32.6 Å². The van der Waals surface area contributed by atoms with Gasteiger partial charge in [0.15, 0.2) is 0 Å². The largest absolute Gasteiger partial charge is 0.481 e. The Morgan fingerprint density at radius 1 is 1.31 bits per heavy atom. The van der Waals surface area contributed by atoms with Crippen LogP contribution in [0.15, 0.2) is 0 Å². The Kier molecular flexibility index (Phi) is 4.77. The fourth-order valence-electron chi connectivity index (χ4n) is 1.63. The van der Waals surface area contributed by atoms with Crippen LogP contribution < -0.4 is 5.32 Å². The number of carbonyl (C=O) groups is 2. The van der Waals surface area contributed by atoms with Crippen molar-refractivity contribution >= 4 is 11.9 Å². The number of carboxylic acids is 1. The molecule has 4 nitrogen and oxygen atoms in total. The first-order valence-corrected chi connectivity index (χ1v) is 6.04. The van der Waals surface area contributed by atoms with E-state index in [0.717, 1.165) is 25.7 Å². The van der Waals surface area contributed by atoms with E-state index in [2.05, 4.69) is 5.32 Å². The van der Waals surface area contributed by atoms with Gasteiger partial charge in [-0.15, -0.1) is 0 Å². The van der Waals surface area contributed by atoms with Crippen molar-refractivity contribution in [3.63, 3.8) is 0 Å². The summed E-state index contributed by atoms with van der Waals surface area (Å²) in [5, 5.41) is 11.7. The van der Waals surface area contributed by atoms with Crippen LogP contribution in [0.5, 0.6) is 0 Å². The van der Waals surface area contributed by atoms with E-state index in [4.69, 9.17) is 5.11 Å². The van der Waals surface area contributed by atoms with Crippen LogP contribution in [0.25, 0.3) is 0 Å². The van der Waals surface area contributed by atoms with Gasteiger partial charge in [0, 0.05) is 12.0 Å². The number of hydrogen-bond acceptors (Lipinski definition) is 2. The van der Waals surface area contributed by atoms with Crippen LogP contribution in [0, 0.1) is 11.8 Å². The molecular formula is C12H21NO3. The summed E-state index contributed by atoms with van der Waals surface area (Å²) in [5.41, 5.74) is 0. The Balaban J connectivity index is 2.07. The van der Waals surface area contributed by atoms with E-state index in [-0.39, 0.29) is 23.8 Å². The molecule has 0 spiro atoms. The zero-order valence-electron chi connectivity index (χ0n) is 10.0. The highest BCUT2D eigenvalue weighted by Crippen LogP contribution is 2.29. The van der Waals surface area contributed by atoms with E-state index in [1.807, 2.05) is 6.92 Å². The predicted molar refractivity (Wildman–Crippen MR) is 61.0 cm³/mol. The van der Waals surface area contributed by atoms with E-state index in [0.29, 0.717) is 6.42 Å². The molecule has 0 radical (unpaired) electrons. The summed E-state index contributed by atoms with van der Waals surface area (Å²) in [7, 11) is 0. The topological polar surface area (TPSA) is 66.4 Å². The van der Waals surface area contributed by atoms with Gasteiger partial charge in [-0.2, -0.15) is 0 Å². The molecule has 4 heteroatoms. The van der Waals surface area contributed by atoms with Crippen LogP contribution in [0.2, 0.25) is 0 Å². The van der Waals surface area contributed by atoms with Crippen molar-refractivity contribution < 1.29 is 14.7 Å². The number of rotatable bonds is 7. The van der Waals surface area contributed by atoms with Gasteiger partial charge in [0.2, 0.25) is 5.91 Å². The molecule has 0 aliphatic heterocycles. The molecule has 0 aromatic heterocycles. The molecule has 1 aliphatic carbocycles. The predicted octanol–water partition coefficient (Wildman–Crippen LogP) is 1.79. The standard InChI is InChI=1S/C12H21NO3/c1-8(12(15)16)4-3-5-9(2)13-11(14)10-6-7-10/h8-10H,3-7H2,1-2H3,(H,13,14)(H,15,16). The molecular weight excluding hydrogens is 206 g/mol. The maximum Gasteiger partial charge on any atom is 0.306 e. The molecule has 1 amide bonds. The Labute approximate surface area is 96.4 Å². The van der Waals surface area contributed by atoms with Crippen molar-refractivity contribution in [2.75, 3.05) is 0 Å². The molecule has 1 saturated carbocycles. The second kappa shape index (κ2) is 5.87. The van der Waals surface area contributed by atoms with Crippen molar-refractivity contribution in [3.05, 3.63) is 0 Å². The van der Waals surface area contributed by atoms with Crippen LogP contribution in [-0.2, 0) is 9.59 Å². The average molecular weight is 227 g/mol. The average Bonchev–Trinajstić information content (AvgIpc) is 3.00. The van der Waals surface area contributed by atoms with Gasteiger partial charge in [-0.25, -0.2) is 0 Å². The van der Waals surface area contributed by atoms with E-state index in [1.54, 1.807) is 6.92 Å². The van der Waals surface area contributed by atoms with Gasteiger partial charge in [-0.3, -0.25) is 9.59 Å². The SMILES string of the molecule is CC(CCCC(C)C(=O)O)NC(=O)C1CC1. The molecule has 0 saturated heterocycles. The van der Waals surface area contributed by atoms with E-state index < -0.39 is 5.97 Å². The highest BCUT2D eigenvalue weighted by Gasteiger charge is 2.30. The minimum atomic E-state index is -0.741. The Morgan fingerprint density at radius 2 is 1.94 bits per heavy atom. The third-order valence-corrected chi connectivity index (χ3v) is 3.03. The first-order chi connectivity index (χ1) is 7.50. The number of nitrogens with one attached hydrogen (secondary N) is 1. The maximum absolute atomic E-state index is 11.4. The van der Waals surface area contributed by atoms with Crippen LogP contribution in [0.4, 0.5) is 0 Å². The molecule has 0 heterocycles. The summed E-state index contributed by atoms with van der Waals surface area (Å²) in [5.74, 6) is -0.611. The molecule has 16 heavy (non-hydrogen) atoms. The normalized spacial score (nSPS) is 18.9. The summed E-state index contributed by atoms with van der Waals surface area (Å²) in [4.78, 5) is 22.0. The summed E-state index contributed by atoms with van der Waals surface area (Å²) < 4.78 is 0. The number of carbonyl (C=O) groups excluding carboxylic acids is 1. The number of aliphatic carboxylic acids is 1. The monoisotopic (exact) mass is 227 g/mol. The highest BCUT2D eigenvalue weighted by molar-refractivity contribution is 5.81. The van der Waals surface area contributed by atoms with Crippen molar-refractivity contribution in [1.82, 2.24) is 5.32 Å². The van der Waals surface area contributed by atoms with Crippen molar-refractivity contribution in [2.45, 2.75) is 52.0 Å². The van der Waals surface area contributed by atoms with Gasteiger partial charge >= 0.3 is 5.97 Å². The molecule has 92 valence electrons. The quantitative estimate of drug-likeness (QED) is 0.697. The molecule has 1 fully saturated rings. The van der Waals surface area contributed by atoms with Gasteiger partial charge in [0.1, 0.15) is 0 Å². The maximum atomic E-state index is 11.4. The Bertz CT molecular complexity index is 261. The lowest BCUT2D eigenvalue weighted by molar-refractivity contribution is -0.141. The Morgan fingerprint density at radius 3 is 2.44 bits per heavy atom.